The minimum absolute atomic E-state index is 0.0197. The Labute approximate surface area is 123 Å². The van der Waals surface area contributed by atoms with Crippen LogP contribution in [-0.4, -0.2) is 44.0 Å². The summed E-state index contributed by atoms with van der Waals surface area (Å²) in [4.78, 5) is 12.2. The van der Waals surface area contributed by atoms with Gasteiger partial charge in [-0.25, -0.2) is 0 Å². The molecule has 0 radical (unpaired) electrons. The van der Waals surface area contributed by atoms with Crippen molar-refractivity contribution in [2.75, 3.05) is 20.3 Å². The van der Waals surface area contributed by atoms with Crippen molar-refractivity contribution in [3.8, 4) is 0 Å². The normalized spacial score (nSPS) is 27.6. The van der Waals surface area contributed by atoms with Gasteiger partial charge in [-0.15, -0.1) is 0 Å². The largest absolute Gasteiger partial charge is 0.465 e. The summed E-state index contributed by atoms with van der Waals surface area (Å²) in [5.74, 6) is -0.388. The van der Waals surface area contributed by atoms with Crippen molar-refractivity contribution in [3.05, 3.63) is 0 Å². The molecule has 0 spiro atoms. The molecule has 0 aromatic rings. The molecule has 1 rings (SSSR count). The van der Waals surface area contributed by atoms with Crippen molar-refractivity contribution < 1.29 is 27.4 Å². The molecule has 3 unspecified atom stereocenters. The number of hydrogen-bond acceptors (Lipinski definition) is 4. The summed E-state index contributed by atoms with van der Waals surface area (Å²) in [6.45, 7) is 3.00. The van der Waals surface area contributed by atoms with E-state index in [0.29, 0.717) is 12.8 Å². The molecule has 0 heterocycles. The zero-order valence-corrected chi connectivity index (χ0v) is 12.8. The van der Waals surface area contributed by atoms with E-state index in [1.54, 1.807) is 14.0 Å². The predicted octanol–water partition coefficient (Wildman–Crippen LogP) is 2.67. The maximum atomic E-state index is 12.4. The molecule has 1 N–H and O–H groups in total. The van der Waals surface area contributed by atoms with Gasteiger partial charge in [-0.1, -0.05) is 6.42 Å². The molecule has 4 nitrogen and oxygen atoms in total. The lowest BCUT2D eigenvalue weighted by Gasteiger charge is -2.33. The molecule has 0 amide bonds. The topological polar surface area (TPSA) is 47.6 Å². The summed E-state index contributed by atoms with van der Waals surface area (Å²) >= 11 is 0. The van der Waals surface area contributed by atoms with Crippen LogP contribution in [0.2, 0.25) is 0 Å². The number of ether oxygens (including phenoxy) is 2. The summed E-state index contributed by atoms with van der Waals surface area (Å²) in [7, 11) is 1.69. The molecule has 21 heavy (non-hydrogen) atoms. The van der Waals surface area contributed by atoms with E-state index in [0.717, 1.165) is 19.8 Å². The van der Waals surface area contributed by atoms with Gasteiger partial charge < -0.3 is 14.8 Å². The Morgan fingerprint density at radius 1 is 1.48 bits per heavy atom. The van der Waals surface area contributed by atoms with Gasteiger partial charge in [-0.3, -0.25) is 4.79 Å². The Bertz CT molecular complexity index is 349. The molecule has 7 heteroatoms. The summed E-state index contributed by atoms with van der Waals surface area (Å²) in [6.07, 6.45) is -3.47. The van der Waals surface area contributed by atoms with Gasteiger partial charge >= 0.3 is 12.1 Å². The van der Waals surface area contributed by atoms with E-state index in [1.165, 1.54) is 0 Å². The highest BCUT2D eigenvalue weighted by atomic mass is 19.4. The Hall–Kier alpha value is -0.820. The summed E-state index contributed by atoms with van der Waals surface area (Å²) in [5.41, 5.74) is -0.791. The molecule has 0 bridgehead atoms. The van der Waals surface area contributed by atoms with E-state index >= 15 is 0 Å². The van der Waals surface area contributed by atoms with E-state index in [1.807, 2.05) is 0 Å². The lowest BCUT2D eigenvalue weighted by Crippen LogP contribution is -2.54. The third-order valence-corrected chi connectivity index (χ3v) is 4.20. The van der Waals surface area contributed by atoms with Crippen LogP contribution in [0.3, 0.4) is 0 Å². The Kier molecular flexibility index (Phi) is 6.46. The average Bonchev–Trinajstić information content (AvgIpc) is 2.82. The molecule has 1 aliphatic carbocycles. The number of hydrogen-bond donors (Lipinski definition) is 1. The third-order valence-electron chi connectivity index (χ3n) is 4.20. The molecule has 0 aromatic heterocycles. The number of alkyl halides is 3. The van der Waals surface area contributed by atoms with Gasteiger partial charge in [0.15, 0.2) is 6.10 Å². The van der Waals surface area contributed by atoms with Crippen LogP contribution >= 0.6 is 0 Å². The number of rotatable bonds is 7. The number of nitrogens with one attached hydrogen (secondary N) is 1. The highest BCUT2D eigenvalue weighted by molar-refractivity contribution is 5.81. The molecule has 3 atom stereocenters. The molecule has 1 fully saturated rings. The lowest BCUT2D eigenvalue weighted by molar-refractivity contribution is -0.215. The van der Waals surface area contributed by atoms with Gasteiger partial charge in [0.25, 0.3) is 0 Å². The van der Waals surface area contributed by atoms with E-state index in [-0.39, 0.29) is 25.1 Å². The molecule has 0 saturated heterocycles. The first-order valence-corrected chi connectivity index (χ1v) is 7.32. The second-order valence-corrected chi connectivity index (χ2v) is 5.37. The van der Waals surface area contributed by atoms with Gasteiger partial charge in [0.2, 0.25) is 0 Å². The molecule has 1 saturated carbocycles. The molecule has 124 valence electrons. The van der Waals surface area contributed by atoms with Crippen LogP contribution in [0.5, 0.6) is 0 Å². The fourth-order valence-electron chi connectivity index (χ4n) is 2.91. The second-order valence-electron chi connectivity index (χ2n) is 5.37. The predicted molar refractivity (Wildman–Crippen MR) is 71.9 cm³/mol. The minimum Gasteiger partial charge on any atom is -0.465 e. The van der Waals surface area contributed by atoms with Crippen molar-refractivity contribution in [2.24, 2.45) is 5.92 Å². The molecule has 0 aliphatic heterocycles. The molecule has 0 aromatic carbocycles. The zero-order valence-electron chi connectivity index (χ0n) is 12.8. The number of esters is 1. The van der Waals surface area contributed by atoms with E-state index in [2.05, 4.69) is 5.32 Å². The van der Waals surface area contributed by atoms with Gasteiger partial charge in [-0.2, -0.15) is 13.2 Å². The summed E-state index contributed by atoms with van der Waals surface area (Å²) in [5, 5.41) is 3.03. The zero-order chi connectivity index (χ0) is 16.1. The molecular weight excluding hydrogens is 287 g/mol. The number of halogens is 3. The summed E-state index contributed by atoms with van der Waals surface area (Å²) < 4.78 is 47.1. The first kappa shape index (κ1) is 18.2. The first-order valence-electron chi connectivity index (χ1n) is 7.32. The Morgan fingerprint density at radius 2 is 2.14 bits per heavy atom. The maximum Gasteiger partial charge on any atom is 0.414 e. The third kappa shape index (κ3) is 4.32. The van der Waals surface area contributed by atoms with Crippen molar-refractivity contribution in [2.45, 2.75) is 57.3 Å². The van der Waals surface area contributed by atoms with Gasteiger partial charge in [0, 0.05) is 6.61 Å². The number of carbonyl (C=O) groups excluding carboxylic acids is 1. The van der Waals surface area contributed by atoms with Crippen molar-refractivity contribution in [3.63, 3.8) is 0 Å². The van der Waals surface area contributed by atoms with Gasteiger partial charge in [0.05, 0.1) is 6.61 Å². The van der Waals surface area contributed by atoms with Crippen LogP contribution < -0.4 is 5.32 Å². The standard InChI is InChI=1S/C14H24F3NO3/c1-4-20-12(19)13(18-3)8-5-6-11(13)7-9-21-10(2)14(15,16)17/h10-11,18H,4-9H2,1-3H3. The van der Waals surface area contributed by atoms with Crippen LogP contribution in [0.25, 0.3) is 0 Å². The van der Waals surface area contributed by atoms with Gasteiger partial charge in [-0.05, 0) is 46.1 Å². The van der Waals surface area contributed by atoms with Crippen molar-refractivity contribution in [1.29, 1.82) is 0 Å². The van der Waals surface area contributed by atoms with Crippen molar-refractivity contribution in [1.82, 2.24) is 5.32 Å². The van der Waals surface area contributed by atoms with E-state index in [4.69, 9.17) is 9.47 Å². The van der Waals surface area contributed by atoms with Crippen LogP contribution in [-0.2, 0) is 14.3 Å². The fraction of sp³-hybridized carbons (Fsp3) is 0.929. The van der Waals surface area contributed by atoms with E-state index < -0.39 is 17.8 Å². The Morgan fingerprint density at radius 3 is 2.67 bits per heavy atom. The SMILES string of the molecule is CCOC(=O)C1(NC)CCCC1CCOC(C)C(F)(F)F. The fourth-order valence-corrected chi connectivity index (χ4v) is 2.91. The first-order chi connectivity index (χ1) is 9.78. The van der Waals surface area contributed by atoms with Gasteiger partial charge in [0.1, 0.15) is 5.54 Å². The highest BCUT2D eigenvalue weighted by Crippen LogP contribution is 2.39. The number of likely N-dealkylation sites (N-methyl/N-ethyl adjacent to an activating group) is 1. The highest BCUT2D eigenvalue weighted by Gasteiger charge is 2.49. The number of carbonyl (C=O) groups is 1. The molecule has 1 aliphatic rings. The van der Waals surface area contributed by atoms with Crippen LogP contribution in [0.1, 0.15) is 39.5 Å². The lowest BCUT2D eigenvalue weighted by atomic mass is 9.85. The van der Waals surface area contributed by atoms with E-state index in [9.17, 15) is 18.0 Å². The van der Waals surface area contributed by atoms with Crippen molar-refractivity contribution >= 4 is 5.97 Å². The average molecular weight is 311 g/mol. The maximum absolute atomic E-state index is 12.4. The quantitative estimate of drug-likeness (QED) is 0.734. The van der Waals surface area contributed by atoms with Crippen LogP contribution in [0.15, 0.2) is 0 Å². The second kappa shape index (κ2) is 7.45. The molecular formula is C14H24F3NO3. The minimum atomic E-state index is -4.35. The van der Waals surface area contributed by atoms with Crippen LogP contribution in [0.4, 0.5) is 13.2 Å². The smallest absolute Gasteiger partial charge is 0.414 e. The monoisotopic (exact) mass is 311 g/mol. The summed E-state index contributed by atoms with van der Waals surface area (Å²) in [6, 6.07) is 0. The van der Waals surface area contributed by atoms with Crippen LogP contribution in [0, 0.1) is 5.92 Å². The Balaban J connectivity index is 2.58.